The molecule has 0 saturated heterocycles. The van der Waals surface area contributed by atoms with Crippen LogP contribution in [0.2, 0.25) is 0 Å². The van der Waals surface area contributed by atoms with Gasteiger partial charge in [0.2, 0.25) is 0 Å². The van der Waals surface area contributed by atoms with Crippen LogP contribution in [0.4, 0.5) is 0 Å². The molecule has 0 radical (unpaired) electrons. The van der Waals surface area contributed by atoms with Crippen LogP contribution >= 0.6 is 0 Å². The van der Waals surface area contributed by atoms with Gasteiger partial charge in [-0.1, -0.05) is 0 Å². The van der Waals surface area contributed by atoms with Crippen LogP contribution < -0.4 is 10.6 Å². The van der Waals surface area contributed by atoms with Gasteiger partial charge in [-0.15, -0.1) is 0 Å². The third kappa shape index (κ3) is 3.36. The summed E-state index contributed by atoms with van der Waals surface area (Å²) in [4.78, 5) is 11.5. The lowest BCUT2D eigenvalue weighted by atomic mass is 10.4. The molecule has 0 aliphatic rings. The molecule has 0 spiro atoms. The Balaban J connectivity index is 2.51. The summed E-state index contributed by atoms with van der Waals surface area (Å²) in [5.74, 6) is -0.121. The molecule has 15 heavy (non-hydrogen) atoms. The predicted molar refractivity (Wildman–Crippen MR) is 58.9 cm³/mol. The second-order valence-corrected chi connectivity index (χ2v) is 3.63. The van der Waals surface area contributed by atoms with Crippen LogP contribution in [-0.4, -0.2) is 35.8 Å². The van der Waals surface area contributed by atoms with Gasteiger partial charge in [0.1, 0.15) is 5.69 Å². The zero-order chi connectivity index (χ0) is 11.3. The molecule has 5 nitrogen and oxygen atoms in total. The molecule has 84 valence electrons. The van der Waals surface area contributed by atoms with Crippen LogP contribution in [-0.2, 0) is 0 Å². The molecule has 0 bridgehead atoms. The molecule has 0 unspecified atom stereocenters. The van der Waals surface area contributed by atoms with Gasteiger partial charge in [-0.25, -0.2) is 0 Å². The summed E-state index contributed by atoms with van der Waals surface area (Å²) in [7, 11) is 1.85. The molecule has 2 N–H and O–H groups in total. The highest BCUT2D eigenvalue weighted by atomic mass is 16.1. The van der Waals surface area contributed by atoms with Crippen LogP contribution in [0.3, 0.4) is 0 Å². The maximum absolute atomic E-state index is 11.5. The zero-order valence-electron chi connectivity index (χ0n) is 9.45. The number of aromatic nitrogens is 2. The summed E-state index contributed by atoms with van der Waals surface area (Å²) in [6.45, 7) is 5.42. The highest BCUT2D eigenvalue weighted by Gasteiger charge is 2.09. The number of carbonyl (C=O) groups is 1. The maximum atomic E-state index is 11.5. The highest BCUT2D eigenvalue weighted by Crippen LogP contribution is 2.03. The van der Waals surface area contributed by atoms with Crippen LogP contribution in [0, 0.1) is 0 Å². The van der Waals surface area contributed by atoms with E-state index >= 15 is 0 Å². The lowest BCUT2D eigenvalue weighted by molar-refractivity contribution is 0.0948. The second-order valence-electron chi connectivity index (χ2n) is 3.63. The van der Waals surface area contributed by atoms with Gasteiger partial charge < -0.3 is 10.6 Å². The Labute approximate surface area is 89.9 Å². The minimum Gasteiger partial charge on any atom is -0.349 e. The summed E-state index contributed by atoms with van der Waals surface area (Å²) in [6, 6.07) is 2.01. The van der Waals surface area contributed by atoms with E-state index < -0.39 is 0 Å². The normalized spacial score (nSPS) is 10.7. The summed E-state index contributed by atoms with van der Waals surface area (Å²) < 4.78 is 1.77. The second kappa shape index (κ2) is 5.50. The van der Waals surface area contributed by atoms with Crippen molar-refractivity contribution in [3.05, 3.63) is 18.0 Å². The minimum absolute atomic E-state index is 0.121. The molecule has 0 aliphatic carbocycles. The molecule has 0 saturated carbocycles. The third-order valence-electron chi connectivity index (χ3n) is 2.03. The molecule has 0 aromatic carbocycles. The van der Waals surface area contributed by atoms with E-state index in [2.05, 4.69) is 15.7 Å². The Bertz CT molecular complexity index is 319. The van der Waals surface area contributed by atoms with Crippen LogP contribution in [0.25, 0.3) is 0 Å². The van der Waals surface area contributed by atoms with Gasteiger partial charge in [0.05, 0.1) is 0 Å². The number of nitrogens with zero attached hydrogens (tertiary/aromatic N) is 2. The Morgan fingerprint density at radius 1 is 1.53 bits per heavy atom. The summed E-state index contributed by atoms with van der Waals surface area (Å²) in [6.07, 6.45) is 1.82. The van der Waals surface area contributed by atoms with Crippen molar-refractivity contribution in [1.29, 1.82) is 0 Å². The minimum atomic E-state index is -0.121. The molecular formula is C10H18N4O. The molecule has 1 rings (SSSR count). The smallest absolute Gasteiger partial charge is 0.271 e. The summed E-state index contributed by atoms with van der Waals surface area (Å²) >= 11 is 0. The molecule has 1 aromatic heterocycles. The van der Waals surface area contributed by atoms with E-state index in [4.69, 9.17) is 0 Å². The lowest BCUT2D eigenvalue weighted by Gasteiger charge is -2.04. The largest absolute Gasteiger partial charge is 0.349 e. The van der Waals surface area contributed by atoms with Crippen LogP contribution in [0.5, 0.6) is 0 Å². The number of rotatable bonds is 5. The maximum Gasteiger partial charge on any atom is 0.271 e. The third-order valence-corrected chi connectivity index (χ3v) is 2.03. The average molecular weight is 210 g/mol. The van der Waals surface area contributed by atoms with Crippen molar-refractivity contribution in [2.24, 2.45) is 0 Å². The SMILES string of the molecule is CNCCNC(=O)c1ccn(C(C)C)n1. The van der Waals surface area contributed by atoms with Crippen molar-refractivity contribution in [2.45, 2.75) is 19.9 Å². The highest BCUT2D eigenvalue weighted by molar-refractivity contribution is 5.92. The van der Waals surface area contributed by atoms with Crippen molar-refractivity contribution in [1.82, 2.24) is 20.4 Å². The zero-order valence-corrected chi connectivity index (χ0v) is 9.45. The fraction of sp³-hybridized carbons (Fsp3) is 0.600. The number of hydrogen-bond donors (Lipinski definition) is 2. The topological polar surface area (TPSA) is 58.9 Å². The first-order valence-electron chi connectivity index (χ1n) is 5.13. The Kier molecular flexibility index (Phi) is 4.30. The monoisotopic (exact) mass is 210 g/mol. The molecule has 5 heteroatoms. The van der Waals surface area contributed by atoms with Gasteiger partial charge >= 0.3 is 0 Å². The van der Waals surface area contributed by atoms with E-state index in [9.17, 15) is 4.79 Å². The number of likely N-dealkylation sites (N-methyl/N-ethyl adjacent to an activating group) is 1. The Hall–Kier alpha value is -1.36. The molecule has 0 fully saturated rings. The van der Waals surface area contributed by atoms with E-state index in [0.717, 1.165) is 6.54 Å². The molecule has 1 aromatic rings. The lowest BCUT2D eigenvalue weighted by Crippen LogP contribution is -2.30. The average Bonchev–Trinajstić information content (AvgIpc) is 2.66. The number of hydrogen-bond acceptors (Lipinski definition) is 3. The molecule has 1 heterocycles. The van der Waals surface area contributed by atoms with Crippen molar-refractivity contribution in [2.75, 3.05) is 20.1 Å². The molecule has 0 atom stereocenters. The van der Waals surface area contributed by atoms with Gasteiger partial charge in [0.15, 0.2) is 0 Å². The first-order chi connectivity index (χ1) is 7.15. The number of nitrogens with one attached hydrogen (secondary N) is 2. The van der Waals surface area contributed by atoms with E-state index in [-0.39, 0.29) is 11.9 Å². The van der Waals surface area contributed by atoms with E-state index in [0.29, 0.717) is 12.2 Å². The van der Waals surface area contributed by atoms with Gasteiger partial charge in [-0.3, -0.25) is 9.48 Å². The number of amides is 1. The number of carbonyl (C=O) groups excluding carboxylic acids is 1. The van der Waals surface area contributed by atoms with Crippen molar-refractivity contribution in [3.8, 4) is 0 Å². The van der Waals surface area contributed by atoms with Gasteiger partial charge in [0, 0.05) is 25.3 Å². The van der Waals surface area contributed by atoms with E-state index in [1.165, 1.54) is 0 Å². The van der Waals surface area contributed by atoms with Crippen LogP contribution in [0.15, 0.2) is 12.3 Å². The molecular weight excluding hydrogens is 192 g/mol. The quantitative estimate of drug-likeness (QED) is 0.692. The predicted octanol–water partition coefficient (Wildman–Crippen LogP) is 0.413. The van der Waals surface area contributed by atoms with Gasteiger partial charge in [0.25, 0.3) is 5.91 Å². The van der Waals surface area contributed by atoms with Gasteiger partial charge in [-0.05, 0) is 27.0 Å². The summed E-state index contributed by atoms with van der Waals surface area (Å²) in [5.41, 5.74) is 0.472. The fourth-order valence-electron chi connectivity index (χ4n) is 1.14. The summed E-state index contributed by atoms with van der Waals surface area (Å²) in [5, 5.41) is 9.91. The standard InChI is InChI=1S/C10H18N4O/c1-8(2)14-7-4-9(13-14)10(15)12-6-5-11-3/h4,7-8,11H,5-6H2,1-3H3,(H,12,15). The van der Waals surface area contributed by atoms with Gasteiger partial charge in [-0.2, -0.15) is 5.10 Å². The van der Waals surface area contributed by atoms with Crippen molar-refractivity contribution >= 4 is 5.91 Å². The fourth-order valence-corrected chi connectivity index (χ4v) is 1.14. The van der Waals surface area contributed by atoms with E-state index in [1.807, 2.05) is 27.1 Å². The first-order valence-corrected chi connectivity index (χ1v) is 5.13. The van der Waals surface area contributed by atoms with Crippen LogP contribution in [0.1, 0.15) is 30.4 Å². The Morgan fingerprint density at radius 2 is 2.27 bits per heavy atom. The first kappa shape index (κ1) is 11.7. The molecule has 0 aliphatic heterocycles. The Morgan fingerprint density at radius 3 is 2.80 bits per heavy atom. The van der Waals surface area contributed by atoms with Crippen molar-refractivity contribution in [3.63, 3.8) is 0 Å². The van der Waals surface area contributed by atoms with E-state index in [1.54, 1.807) is 10.7 Å². The van der Waals surface area contributed by atoms with Crippen molar-refractivity contribution < 1.29 is 4.79 Å². The molecule has 1 amide bonds.